The Morgan fingerprint density at radius 1 is 1.21 bits per heavy atom. The molecule has 2 fully saturated rings. The van der Waals surface area contributed by atoms with E-state index in [2.05, 4.69) is 15.3 Å². The number of benzene rings is 1. The highest BCUT2D eigenvalue weighted by atomic mass is 16.1. The van der Waals surface area contributed by atoms with E-state index in [1.54, 1.807) is 4.68 Å². The molecule has 5 heteroatoms. The lowest BCUT2D eigenvalue weighted by Crippen LogP contribution is -2.51. The first-order valence-corrected chi connectivity index (χ1v) is 9.18. The molecule has 2 aromatic rings. The van der Waals surface area contributed by atoms with Crippen LogP contribution in [0.25, 0.3) is 10.9 Å². The van der Waals surface area contributed by atoms with Crippen LogP contribution in [0.15, 0.2) is 24.3 Å². The van der Waals surface area contributed by atoms with Crippen molar-refractivity contribution < 1.29 is 4.79 Å². The van der Waals surface area contributed by atoms with E-state index in [1.165, 1.54) is 45.2 Å². The number of hydrogen-bond acceptors (Lipinski definition) is 3. The quantitative estimate of drug-likeness (QED) is 0.943. The lowest BCUT2D eigenvalue weighted by molar-refractivity contribution is 0.0575. The Labute approximate surface area is 143 Å². The third-order valence-electron chi connectivity index (χ3n) is 5.73. The number of aryl methyl sites for hydroxylation is 1. The van der Waals surface area contributed by atoms with E-state index in [-0.39, 0.29) is 5.91 Å². The number of piperidine rings is 2. The number of nitrogens with zero attached hydrogens (tertiary/aromatic N) is 3. The molecule has 24 heavy (non-hydrogen) atoms. The number of fused-ring (bicyclic) bond motifs is 2. The molecule has 5 nitrogen and oxygen atoms in total. The predicted octanol–water partition coefficient (Wildman–Crippen LogP) is 2.57. The molecule has 1 amide bonds. The molecule has 3 heterocycles. The van der Waals surface area contributed by atoms with Crippen molar-refractivity contribution in [1.29, 1.82) is 0 Å². The molecule has 2 atom stereocenters. The van der Waals surface area contributed by atoms with Crippen molar-refractivity contribution in [3.8, 4) is 0 Å². The molecule has 2 aliphatic heterocycles. The van der Waals surface area contributed by atoms with Gasteiger partial charge in [-0.2, -0.15) is 5.10 Å². The van der Waals surface area contributed by atoms with Crippen LogP contribution in [-0.2, 0) is 7.05 Å². The summed E-state index contributed by atoms with van der Waals surface area (Å²) in [5, 5.41) is 8.53. The van der Waals surface area contributed by atoms with Gasteiger partial charge in [0.25, 0.3) is 5.91 Å². The number of nitrogens with one attached hydrogen (secondary N) is 1. The summed E-state index contributed by atoms with van der Waals surface area (Å²) in [5.41, 5.74) is 1.54. The van der Waals surface area contributed by atoms with E-state index in [4.69, 9.17) is 0 Å². The Kier molecular flexibility index (Phi) is 4.27. The number of carbonyl (C=O) groups excluding carboxylic acids is 1. The highest BCUT2D eigenvalue weighted by molar-refractivity contribution is 6.04. The second-order valence-electron chi connectivity index (χ2n) is 7.20. The highest BCUT2D eigenvalue weighted by Crippen LogP contribution is 2.30. The van der Waals surface area contributed by atoms with Gasteiger partial charge in [-0.05, 0) is 50.8 Å². The number of aromatic nitrogens is 2. The lowest BCUT2D eigenvalue weighted by atomic mass is 9.83. The molecule has 2 aliphatic rings. The molecule has 2 unspecified atom stereocenters. The van der Waals surface area contributed by atoms with Gasteiger partial charge in [-0.25, -0.2) is 0 Å². The van der Waals surface area contributed by atoms with Gasteiger partial charge >= 0.3 is 0 Å². The van der Waals surface area contributed by atoms with Gasteiger partial charge in [0.15, 0.2) is 5.69 Å². The zero-order valence-corrected chi connectivity index (χ0v) is 14.4. The van der Waals surface area contributed by atoms with Crippen LogP contribution in [0.4, 0.5) is 0 Å². The van der Waals surface area contributed by atoms with Crippen molar-refractivity contribution in [2.75, 3.05) is 19.6 Å². The minimum atomic E-state index is -0.0419. The van der Waals surface area contributed by atoms with Gasteiger partial charge in [0.1, 0.15) is 0 Å². The molecule has 1 N–H and O–H groups in total. The van der Waals surface area contributed by atoms with Crippen LogP contribution in [0.5, 0.6) is 0 Å². The lowest BCUT2D eigenvalue weighted by Gasteiger charge is -2.44. The topological polar surface area (TPSA) is 50.2 Å². The first-order chi connectivity index (χ1) is 11.7. The third kappa shape index (κ3) is 2.81. The van der Waals surface area contributed by atoms with E-state index in [0.717, 1.165) is 17.4 Å². The molecule has 2 saturated heterocycles. The van der Waals surface area contributed by atoms with Crippen molar-refractivity contribution in [3.63, 3.8) is 0 Å². The normalized spacial score (nSPS) is 24.7. The molecular formula is C19H26N4O. The maximum Gasteiger partial charge on any atom is 0.272 e. The summed E-state index contributed by atoms with van der Waals surface area (Å²) in [4.78, 5) is 15.3. The number of carbonyl (C=O) groups is 1. The SMILES string of the molecule is Cn1nc(C(=O)NCC2CCCN3CCCCC23)c2ccccc21. The van der Waals surface area contributed by atoms with E-state index in [1.807, 2.05) is 31.3 Å². The minimum absolute atomic E-state index is 0.0419. The fourth-order valence-electron chi connectivity index (χ4n) is 4.50. The second-order valence-corrected chi connectivity index (χ2v) is 7.20. The zero-order valence-electron chi connectivity index (χ0n) is 14.4. The van der Waals surface area contributed by atoms with Crippen molar-refractivity contribution in [3.05, 3.63) is 30.0 Å². The van der Waals surface area contributed by atoms with Gasteiger partial charge in [-0.15, -0.1) is 0 Å². The van der Waals surface area contributed by atoms with Crippen molar-refractivity contribution in [2.45, 2.75) is 38.1 Å². The number of hydrogen-bond donors (Lipinski definition) is 1. The van der Waals surface area contributed by atoms with E-state index < -0.39 is 0 Å². The van der Waals surface area contributed by atoms with Gasteiger partial charge in [0, 0.05) is 25.0 Å². The van der Waals surface area contributed by atoms with Crippen LogP contribution in [0.1, 0.15) is 42.6 Å². The molecule has 1 aromatic heterocycles. The average molecular weight is 326 g/mol. The fraction of sp³-hybridized carbons (Fsp3) is 0.579. The predicted molar refractivity (Wildman–Crippen MR) is 95.0 cm³/mol. The minimum Gasteiger partial charge on any atom is -0.350 e. The maximum absolute atomic E-state index is 12.7. The summed E-state index contributed by atoms with van der Waals surface area (Å²) in [6.45, 7) is 3.24. The van der Waals surface area contributed by atoms with Gasteiger partial charge < -0.3 is 10.2 Å². The maximum atomic E-state index is 12.7. The molecule has 0 radical (unpaired) electrons. The Morgan fingerprint density at radius 2 is 2.04 bits per heavy atom. The zero-order chi connectivity index (χ0) is 16.5. The molecule has 0 saturated carbocycles. The molecule has 0 aliphatic carbocycles. The fourth-order valence-corrected chi connectivity index (χ4v) is 4.50. The monoisotopic (exact) mass is 326 g/mol. The van der Waals surface area contributed by atoms with Crippen LogP contribution < -0.4 is 5.32 Å². The summed E-state index contributed by atoms with van der Waals surface area (Å²) in [6, 6.07) is 8.57. The van der Waals surface area contributed by atoms with Crippen LogP contribution in [0, 0.1) is 5.92 Å². The van der Waals surface area contributed by atoms with Crippen LogP contribution in [-0.4, -0.2) is 46.3 Å². The van der Waals surface area contributed by atoms with Gasteiger partial charge in [0.2, 0.25) is 0 Å². The van der Waals surface area contributed by atoms with Crippen LogP contribution in [0.3, 0.4) is 0 Å². The van der Waals surface area contributed by atoms with E-state index in [9.17, 15) is 4.79 Å². The first kappa shape index (κ1) is 15.6. The number of para-hydroxylation sites is 1. The Hall–Kier alpha value is -1.88. The molecule has 1 aromatic carbocycles. The standard InChI is InChI=1S/C19H26N4O/c1-22-17-10-3-2-8-15(17)18(21-22)19(24)20-13-14-7-6-12-23-11-5-4-9-16(14)23/h2-3,8,10,14,16H,4-7,9,11-13H2,1H3,(H,20,24). The highest BCUT2D eigenvalue weighted by Gasteiger charge is 2.33. The third-order valence-corrected chi connectivity index (χ3v) is 5.73. The molecule has 0 bridgehead atoms. The first-order valence-electron chi connectivity index (χ1n) is 9.18. The van der Waals surface area contributed by atoms with Crippen molar-refractivity contribution in [1.82, 2.24) is 20.0 Å². The Morgan fingerprint density at radius 3 is 2.96 bits per heavy atom. The van der Waals surface area contributed by atoms with Gasteiger partial charge in [-0.3, -0.25) is 9.48 Å². The smallest absolute Gasteiger partial charge is 0.272 e. The molecule has 128 valence electrons. The summed E-state index contributed by atoms with van der Waals surface area (Å²) >= 11 is 0. The number of rotatable bonds is 3. The van der Waals surface area contributed by atoms with E-state index >= 15 is 0 Å². The van der Waals surface area contributed by atoms with E-state index in [0.29, 0.717) is 17.7 Å². The Bertz CT molecular complexity index is 736. The summed E-state index contributed by atoms with van der Waals surface area (Å²) in [7, 11) is 1.89. The molecular weight excluding hydrogens is 300 g/mol. The largest absolute Gasteiger partial charge is 0.350 e. The molecule has 4 rings (SSSR count). The number of amides is 1. The van der Waals surface area contributed by atoms with Gasteiger partial charge in [0.05, 0.1) is 5.52 Å². The molecule has 0 spiro atoms. The van der Waals surface area contributed by atoms with Crippen molar-refractivity contribution >= 4 is 16.8 Å². The summed E-state index contributed by atoms with van der Waals surface area (Å²) < 4.78 is 1.79. The van der Waals surface area contributed by atoms with Crippen LogP contribution >= 0.6 is 0 Å². The second kappa shape index (κ2) is 6.55. The van der Waals surface area contributed by atoms with Gasteiger partial charge in [-0.1, -0.05) is 24.6 Å². The van der Waals surface area contributed by atoms with Crippen LogP contribution in [0.2, 0.25) is 0 Å². The average Bonchev–Trinajstić information content (AvgIpc) is 2.97. The summed E-state index contributed by atoms with van der Waals surface area (Å²) in [6.07, 6.45) is 6.42. The summed E-state index contributed by atoms with van der Waals surface area (Å²) in [5.74, 6) is 0.540. The Balaban J connectivity index is 1.46. The van der Waals surface area contributed by atoms with Crippen molar-refractivity contribution in [2.24, 2.45) is 13.0 Å².